The zero-order valence-electron chi connectivity index (χ0n) is 14.4. The van der Waals surface area contributed by atoms with Gasteiger partial charge in [-0.05, 0) is 30.7 Å². The fourth-order valence-electron chi connectivity index (χ4n) is 3.11. The van der Waals surface area contributed by atoms with Crippen LogP contribution in [0.3, 0.4) is 0 Å². The van der Waals surface area contributed by atoms with Gasteiger partial charge in [0, 0.05) is 57.9 Å². The highest BCUT2D eigenvalue weighted by Gasteiger charge is 2.26. The normalized spacial score (nSPS) is 22.0. The van der Waals surface area contributed by atoms with E-state index in [1.165, 1.54) is 16.4 Å². The number of benzene rings is 1. The Kier molecular flexibility index (Phi) is 5.70. The van der Waals surface area contributed by atoms with Crippen LogP contribution in [0.1, 0.15) is 16.8 Å². The van der Waals surface area contributed by atoms with Crippen LogP contribution in [0, 0.1) is 0 Å². The maximum atomic E-state index is 12.6. The molecule has 1 aromatic carbocycles. The fraction of sp³-hybridized carbons (Fsp3) is 0.562. The molecule has 1 aromatic rings. The number of piperazine rings is 1. The molecule has 1 unspecified atom stereocenters. The van der Waals surface area contributed by atoms with E-state index in [9.17, 15) is 13.2 Å². The van der Waals surface area contributed by atoms with Gasteiger partial charge in [0.25, 0.3) is 5.91 Å². The molecule has 2 heterocycles. The molecule has 2 aliphatic heterocycles. The molecular formula is C16H25N5O3S. The van der Waals surface area contributed by atoms with Crippen LogP contribution in [-0.4, -0.2) is 75.9 Å². The number of nitrogens with zero attached hydrogens (tertiary/aromatic N) is 2. The largest absolute Gasteiger partial charge is 0.340 e. The topological polar surface area (TPSA) is 93.8 Å². The third kappa shape index (κ3) is 4.18. The highest BCUT2D eigenvalue weighted by Crippen LogP contribution is 2.17. The summed E-state index contributed by atoms with van der Waals surface area (Å²) in [6.07, 6.45) is 0.972. The number of amides is 1. The Morgan fingerprint density at radius 1 is 1.20 bits per heavy atom. The molecule has 0 aromatic heterocycles. The molecule has 1 atom stereocenters. The van der Waals surface area contributed by atoms with Crippen LogP contribution < -0.4 is 16.2 Å². The van der Waals surface area contributed by atoms with Crippen molar-refractivity contribution in [3.05, 3.63) is 29.8 Å². The van der Waals surface area contributed by atoms with Crippen molar-refractivity contribution in [2.45, 2.75) is 17.4 Å². The first kappa shape index (κ1) is 18.3. The highest BCUT2D eigenvalue weighted by atomic mass is 32.2. The first-order valence-corrected chi connectivity index (χ1v) is 9.97. The minimum atomic E-state index is -3.49. The number of hydrogen-bond acceptors (Lipinski definition) is 6. The van der Waals surface area contributed by atoms with E-state index in [4.69, 9.17) is 0 Å². The summed E-state index contributed by atoms with van der Waals surface area (Å²) < 4.78 is 26.7. The summed E-state index contributed by atoms with van der Waals surface area (Å²) in [5.41, 5.74) is 6.67. The van der Waals surface area contributed by atoms with Crippen molar-refractivity contribution in [1.82, 2.24) is 25.4 Å². The Hall–Kier alpha value is -1.52. The summed E-state index contributed by atoms with van der Waals surface area (Å²) in [4.78, 5) is 14.4. The molecule has 2 fully saturated rings. The zero-order valence-corrected chi connectivity index (χ0v) is 15.2. The molecule has 1 amide bonds. The Morgan fingerprint density at radius 3 is 2.48 bits per heavy atom. The van der Waals surface area contributed by atoms with E-state index < -0.39 is 10.0 Å². The molecule has 0 bridgehead atoms. The SMILES string of the molecule is CN(CC1CCNN1)C(=O)c1ccc(S(=O)(=O)N2CCNCC2)cc1. The van der Waals surface area contributed by atoms with Crippen molar-refractivity contribution >= 4 is 15.9 Å². The molecule has 2 saturated heterocycles. The zero-order chi connectivity index (χ0) is 17.9. The molecule has 3 N–H and O–H groups in total. The van der Waals surface area contributed by atoms with Crippen LogP contribution in [0.2, 0.25) is 0 Å². The molecule has 0 radical (unpaired) electrons. The number of likely N-dealkylation sites (N-methyl/N-ethyl adjacent to an activating group) is 1. The van der Waals surface area contributed by atoms with Crippen molar-refractivity contribution in [2.24, 2.45) is 0 Å². The van der Waals surface area contributed by atoms with Crippen LogP contribution in [0.15, 0.2) is 29.2 Å². The van der Waals surface area contributed by atoms with Crippen molar-refractivity contribution in [1.29, 1.82) is 0 Å². The number of nitrogens with one attached hydrogen (secondary N) is 3. The lowest BCUT2D eigenvalue weighted by Crippen LogP contribution is -2.46. The molecule has 0 aliphatic carbocycles. The summed E-state index contributed by atoms with van der Waals surface area (Å²) in [5, 5.41) is 3.14. The molecule has 0 spiro atoms. The summed E-state index contributed by atoms with van der Waals surface area (Å²) in [6, 6.07) is 6.46. The van der Waals surface area contributed by atoms with Gasteiger partial charge in [0.15, 0.2) is 0 Å². The number of sulfonamides is 1. The van der Waals surface area contributed by atoms with E-state index in [-0.39, 0.29) is 16.8 Å². The number of hydrogen-bond donors (Lipinski definition) is 3. The van der Waals surface area contributed by atoms with Crippen molar-refractivity contribution in [2.75, 3.05) is 46.3 Å². The predicted octanol–water partition coefficient (Wildman–Crippen LogP) is -0.781. The lowest BCUT2D eigenvalue weighted by molar-refractivity contribution is 0.0783. The van der Waals surface area contributed by atoms with E-state index in [1.807, 2.05) is 0 Å². The van der Waals surface area contributed by atoms with Crippen molar-refractivity contribution in [3.63, 3.8) is 0 Å². The van der Waals surface area contributed by atoms with Gasteiger partial charge in [-0.15, -0.1) is 0 Å². The third-order valence-corrected chi connectivity index (χ3v) is 6.49. The summed E-state index contributed by atoms with van der Waals surface area (Å²) in [6.45, 7) is 3.75. The molecule has 25 heavy (non-hydrogen) atoms. The Morgan fingerprint density at radius 2 is 1.88 bits per heavy atom. The van der Waals surface area contributed by atoms with E-state index >= 15 is 0 Å². The standard InChI is InChI=1S/C16H25N5O3S/c1-20(12-14-6-7-18-19-14)16(22)13-2-4-15(5-3-13)25(23,24)21-10-8-17-9-11-21/h2-5,14,17-19H,6-12H2,1H3. The first-order chi connectivity index (χ1) is 12.0. The van der Waals surface area contributed by atoms with Gasteiger partial charge in [-0.3, -0.25) is 15.6 Å². The van der Waals surface area contributed by atoms with Gasteiger partial charge in [-0.25, -0.2) is 8.42 Å². The average molecular weight is 367 g/mol. The molecular weight excluding hydrogens is 342 g/mol. The van der Waals surface area contributed by atoms with E-state index in [0.29, 0.717) is 38.3 Å². The Labute approximate surface area is 148 Å². The second kappa shape index (κ2) is 7.79. The van der Waals surface area contributed by atoms with E-state index in [1.54, 1.807) is 24.1 Å². The van der Waals surface area contributed by atoms with Gasteiger partial charge >= 0.3 is 0 Å². The third-order valence-electron chi connectivity index (χ3n) is 4.58. The molecule has 0 saturated carbocycles. The minimum Gasteiger partial charge on any atom is -0.340 e. The maximum absolute atomic E-state index is 12.6. The fourth-order valence-corrected chi connectivity index (χ4v) is 4.55. The van der Waals surface area contributed by atoms with E-state index in [0.717, 1.165) is 13.0 Å². The smallest absolute Gasteiger partial charge is 0.253 e. The van der Waals surface area contributed by atoms with Crippen molar-refractivity contribution < 1.29 is 13.2 Å². The number of hydrazine groups is 1. The maximum Gasteiger partial charge on any atom is 0.253 e. The number of rotatable bonds is 5. The lowest BCUT2D eigenvalue weighted by atomic mass is 10.2. The Balaban J connectivity index is 1.67. The summed E-state index contributed by atoms with van der Waals surface area (Å²) in [7, 11) is -1.74. The van der Waals surface area contributed by atoms with Gasteiger partial charge in [0.1, 0.15) is 0 Å². The molecule has 138 valence electrons. The number of carbonyl (C=O) groups excluding carboxylic acids is 1. The summed E-state index contributed by atoms with van der Waals surface area (Å²) in [5.74, 6) is -0.111. The van der Waals surface area contributed by atoms with Crippen LogP contribution in [0.25, 0.3) is 0 Å². The lowest BCUT2D eigenvalue weighted by Gasteiger charge is -2.26. The van der Waals surface area contributed by atoms with Crippen LogP contribution in [0.4, 0.5) is 0 Å². The van der Waals surface area contributed by atoms with Gasteiger partial charge in [0.2, 0.25) is 10.0 Å². The van der Waals surface area contributed by atoms with Crippen LogP contribution in [0.5, 0.6) is 0 Å². The van der Waals surface area contributed by atoms with Crippen LogP contribution in [-0.2, 0) is 10.0 Å². The second-order valence-corrected chi connectivity index (χ2v) is 8.36. The molecule has 2 aliphatic rings. The number of carbonyl (C=O) groups is 1. The van der Waals surface area contributed by atoms with Crippen LogP contribution >= 0.6 is 0 Å². The Bertz CT molecular complexity index is 695. The quantitative estimate of drug-likeness (QED) is 0.632. The van der Waals surface area contributed by atoms with Gasteiger partial charge < -0.3 is 10.2 Å². The molecule has 9 heteroatoms. The highest BCUT2D eigenvalue weighted by molar-refractivity contribution is 7.89. The van der Waals surface area contributed by atoms with Gasteiger partial charge in [-0.2, -0.15) is 4.31 Å². The van der Waals surface area contributed by atoms with E-state index in [2.05, 4.69) is 16.2 Å². The van der Waals surface area contributed by atoms with Gasteiger partial charge in [0.05, 0.1) is 4.90 Å². The van der Waals surface area contributed by atoms with Gasteiger partial charge in [-0.1, -0.05) is 0 Å². The monoisotopic (exact) mass is 367 g/mol. The second-order valence-electron chi connectivity index (χ2n) is 6.42. The predicted molar refractivity (Wildman–Crippen MR) is 94.6 cm³/mol. The molecule has 3 rings (SSSR count). The van der Waals surface area contributed by atoms with Crippen molar-refractivity contribution in [3.8, 4) is 0 Å². The minimum absolute atomic E-state index is 0.111. The first-order valence-electron chi connectivity index (χ1n) is 8.53. The average Bonchev–Trinajstić information content (AvgIpc) is 3.15. The summed E-state index contributed by atoms with van der Waals surface area (Å²) >= 11 is 0. The molecule has 8 nitrogen and oxygen atoms in total.